The van der Waals surface area contributed by atoms with E-state index in [9.17, 15) is 14.0 Å². The van der Waals surface area contributed by atoms with Gasteiger partial charge in [-0.2, -0.15) is 0 Å². The average molecular weight is 344 g/mol. The number of carbonyl (C=O) groups is 2. The van der Waals surface area contributed by atoms with E-state index >= 15 is 0 Å². The molecule has 6 nitrogen and oxygen atoms in total. The van der Waals surface area contributed by atoms with E-state index in [2.05, 4.69) is 39.2 Å². The molecule has 0 aliphatic carbocycles. The average Bonchev–Trinajstić information content (AvgIpc) is 2.82. The number of nitrogens with one attached hydrogen (secondary N) is 1. The molecule has 2 aliphatic rings. The van der Waals surface area contributed by atoms with E-state index in [-0.39, 0.29) is 11.6 Å². The lowest BCUT2D eigenvalue weighted by atomic mass is 10.2. The van der Waals surface area contributed by atoms with Crippen LogP contribution >= 0.6 is 0 Å². The first-order valence-electron chi connectivity index (χ1n) is 7.76. The SMILES string of the molecule is CC(C)(C)[Si](C)(C)O[C@H]1C[C@H](N2C=C(F)CNC2=O)O[C@@H]1C=O. The van der Waals surface area contributed by atoms with Crippen molar-refractivity contribution >= 4 is 20.6 Å². The van der Waals surface area contributed by atoms with E-state index in [1.807, 2.05) is 0 Å². The lowest BCUT2D eigenvalue weighted by Crippen LogP contribution is -2.47. The molecular formula is C15H25FN2O4Si. The van der Waals surface area contributed by atoms with Gasteiger partial charge in [0.05, 0.1) is 12.6 Å². The lowest BCUT2D eigenvalue weighted by Gasteiger charge is -2.38. The van der Waals surface area contributed by atoms with Crippen LogP contribution in [0.3, 0.4) is 0 Å². The third-order valence-corrected chi connectivity index (χ3v) is 9.24. The Morgan fingerprint density at radius 3 is 2.70 bits per heavy atom. The molecule has 0 radical (unpaired) electrons. The molecule has 2 rings (SSSR count). The van der Waals surface area contributed by atoms with Crippen LogP contribution in [0.1, 0.15) is 27.2 Å². The predicted molar refractivity (Wildman–Crippen MR) is 85.8 cm³/mol. The van der Waals surface area contributed by atoms with Gasteiger partial charge in [0, 0.05) is 12.6 Å². The Hall–Kier alpha value is -1.25. The largest absolute Gasteiger partial charge is 0.411 e. The van der Waals surface area contributed by atoms with E-state index in [1.54, 1.807) is 0 Å². The van der Waals surface area contributed by atoms with E-state index in [1.165, 1.54) is 0 Å². The summed E-state index contributed by atoms with van der Waals surface area (Å²) in [5, 5.41) is 2.42. The Kier molecular flexibility index (Phi) is 4.98. The zero-order valence-electron chi connectivity index (χ0n) is 14.3. The number of nitrogens with zero attached hydrogens (tertiary/aromatic N) is 1. The van der Waals surface area contributed by atoms with E-state index < -0.39 is 38.6 Å². The fourth-order valence-corrected chi connectivity index (χ4v) is 3.69. The second kappa shape index (κ2) is 6.33. The van der Waals surface area contributed by atoms with Crippen LogP contribution in [0.4, 0.5) is 9.18 Å². The summed E-state index contributed by atoms with van der Waals surface area (Å²) in [4.78, 5) is 24.4. The number of urea groups is 1. The zero-order chi connectivity index (χ0) is 17.4. The molecule has 0 bridgehead atoms. The highest BCUT2D eigenvalue weighted by Crippen LogP contribution is 2.39. The van der Waals surface area contributed by atoms with Gasteiger partial charge in [0.2, 0.25) is 0 Å². The maximum absolute atomic E-state index is 13.4. The molecule has 0 aromatic rings. The minimum atomic E-state index is -2.09. The summed E-state index contributed by atoms with van der Waals surface area (Å²) >= 11 is 0. The number of halogens is 1. The van der Waals surface area contributed by atoms with Gasteiger partial charge in [-0.15, -0.1) is 0 Å². The molecule has 8 heteroatoms. The number of ether oxygens (including phenoxy) is 1. The van der Waals surface area contributed by atoms with Crippen LogP contribution in [0.25, 0.3) is 0 Å². The molecule has 0 spiro atoms. The summed E-state index contributed by atoms with van der Waals surface area (Å²) in [5.74, 6) is -0.454. The summed E-state index contributed by atoms with van der Waals surface area (Å²) in [7, 11) is -2.09. The van der Waals surface area contributed by atoms with E-state index in [0.717, 1.165) is 11.1 Å². The van der Waals surface area contributed by atoms with Gasteiger partial charge in [-0.1, -0.05) is 20.8 Å². The maximum atomic E-state index is 13.4. The second-order valence-electron chi connectivity index (χ2n) is 7.49. The van der Waals surface area contributed by atoms with Gasteiger partial charge in [0.25, 0.3) is 0 Å². The molecule has 130 valence electrons. The minimum Gasteiger partial charge on any atom is -0.411 e. The van der Waals surface area contributed by atoms with Crippen molar-refractivity contribution in [1.82, 2.24) is 10.2 Å². The molecule has 0 aromatic heterocycles. The molecule has 23 heavy (non-hydrogen) atoms. The van der Waals surface area contributed by atoms with Gasteiger partial charge in [0.15, 0.2) is 14.6 Å². The third-order valence-electron chi connectivity index (χ3n) is 4.73. The maximum Gasteiger partial charge on any atom is 0.323 e. The van der Waals surface area contributed by atoms with Gasteiger partial charge >= 0.3 is 6.03 Å². The quantitative estimate of drug-likeness (QED) is 0.628. The summed E-state index contributed by atoms with van der Waals surface area (Å²) < 4.78 is 25.3. The van der Waals surface area contributed by atoms with Crippen LogP contribution in [-0.2, 0) is 14.0 Å². The van der Waals surface area contributed by atoms with Crippen LogP contribution in [0.5, 0.6) is 0 Å². The molecule has 0 unspecified atom stereocenters. The smallest absolute Gasteiger partial charge is 0.323 e. The van der Waals surface area contributed by atoms with Crippen LogP contribution in [-0.4, -0.2) is 50.5 Å². The fourth-order valence-electron chi connectivity index (χ4n) is 2.35. The van der Waals surface area contributed by atoms with Crippen molar-refractivity contribution < 1.29 is 23.1 Å². The summed E-state index contributed by atoms with van der Waals surface area (Å²) in [6, 6.07) is -0.436. The Balaban J connectivity index is 2.13. The standard InChI is InChI=1S/C15H25FN2O4Si/c1-15(2,3)23(4,5)22-11-6-13(21-12(11)9-19)18-8-10(16)7-17-14(18)20/h8-9,11-13H,6-7H2,1-5H3,(H,17,20)/t11-,12+,13+/m0/s1. The molecule has 0 saturated carbocycles. The van der Waals surface area contributed by atoms with Gasteiger partial charge in [-0.05, 0) is 18.1 Å². The van der Waals surface area contributed by atoms with Crippen molar-refractivity contribution in [2.45, 2.75) is 63.8 Å². The number of hydrogen-bond donors (Lipinski definition) is 1. The summed E-state index contributed by atoms with van der Waals surface area (Å²) in [5.41, 5.74) is 0. The van der Waals surface area contributed by atoms with Crippen LogP contribution in [0.2, 0.25) is 18.1 Å². The number of carbonyl (C=O) groups excluding carboxylic acids is 2. The highest BCUT2D eigenvalue weighted by molar-refractivity contribution is 6.74. The molecular weight excluding hydrogens is 319 g/mol. The first-order chi connectivity index (χ1) is 10.5. The lowest BCUT2D eigenvalue weighted by molar-refractivity contribution is -0.123. The molecule has 1 saturated heterocycles. The summed E-state index contributed by atoms with van der Waals surface area (Å²) in [6.07, 6.45) is 0.281. The van der Waals surface area contributed by atoms with Crippen molar-refractivity contribution in [3.63, 3.8) is 0 Å². The van der Waals surface area contributed by atoms with Crippen LogP contribution < -0.4 is 5.32 Å². The van der Waals surface area contributed by atoms with E-state index in [4.69, 9.17) is 9.16 Å². The molecule has 1 N–H and O–H groups in total. The van der Waals surface area contributed by atoms with Crippen molar-refractivity contribution in [3.8, 4) is 0 Å². The number of rotatable bonds is 4. The van der Waals surface area contributed by atoms with Crippen molar-refractivity contribution in [2.24, 2.45) is 0 Å². The van der Waals surface area contributed by atoms with Crippen LogP contribution in [0, 0.1) is 0 Å². The molecule has 2 heterocycles. The van der Waals surface area contributed by atoms with Gasteiger partial charge < -0.3 is 19.3 Å². The molecule has 3 atom stereocenters. The van der Waals surface area contributed by atoms with Gasteiger partial charge in [0.1, 0.15) is 18.2 Å². The van der Waals surface area contributed by atoms with Gasteiger partial charge in [-0.25, -0.2) is 9.18 Å². The van der Waals surface area contributed by atoms with Crippen molar-refractivity contribution in [2.75, 3.05) is 6.54 Å². The molecule has 2 amide bonds. The van der Waals surface area contributed by atoms with Crippen LogP contribution in [0.15, 0.2) is 12.0 Å². The first kappa shape index (κ1) is 18.1. The third kappa shape index (κ3) is 3.81. The zero-order valence-corrected chi connectivity index (χ0v) is 15.3. The monoisotopic (exact) mass is 344 g/mol. The number of aldehydes is 1. The van der Waals surface area contributed by atoms with E-state index in [0.29, 0.717) is 12.7 Å². The highest BCUT2D eigenvalue weighted by Gasteiger charge is 2.46. The highest BCUT2D eigenvalue weighted by atomic mass is 28.4. The van der Waals surface area contributed by atoms with Gasteiger partial charge in [-0.3, -0.25) is 4.90 Å². The Morgan fingerprint density at radius 2 is 2.13 bits per heavy atom. The predicted octanol–water partition coefficient (Wildman–Crippen LogP) is 2.53. The normalized spacial score (nSPS) is 29.3. The second-order valence-corrected chi connectivity index (χ2v) is 12.2. The topological polar surface area (TPSA) is 67.9 Å². The first-order valence-corrected chi connectivity index (χ1v) is 10.7. The molecule has 0 aromatic carbocycles. The Labute approximate surface area is 137 Å². The fraction of sp³-hybridized carbons (Fsp3) is 0.733. The van der Waals surface area contributed by atoms with Crippen molar-refractivity contribution in [3.05, 3.63) is 12.0 Å². The minimum absolute atomic E-state index is 0.00691. The summed E-state index contributed by atoms with van der Waals surface area (Å²) in [6.45, 7) is 10.4. The molecule has 2 aliphatic heterocycles. The number of amides is 2. The molecule has 1 fully saturated rings. The van der Waals surface area contributed by atoms with Crippen molar-refractivity contribution in [1.29, 1.82) is 0 Å². The number of hydrogen-bond acceptors (Lipinski definition) is 4. The Morgan fingerprint density at radius 1 is 1.48 bits per heavy atom. The Bertz CT molecular complexity index is 518.